The minimum Gasteiger partial charge on any atom is -0.396 e. The van der Waals surface area contributed by atoms with Crippen LogP contribution in [-0.2, 0) is 0 Å². The fourth-order valence-electron chi connectivity index (χ4n) is 1.68. The molecule has 2 nitrogen and oxygen atoms in total. The standard InChI is InChI=1S/C11H18ClNOS/c1-2-9(5-8(6-13)7-14)10-3-4-11(12)15-10/h3-4,8-9,14H,2,5-7,13H2,1H3. The van der Waals surface area contributed by atoms with Crippen molar-refractivity contribution in [2.24, 2.45) is 11.7 Å². The molecule has 15 heavy (non-hydrogen) atoms. The lowest BCUT2D eigenvalue weighted by atomic mass is 9.92. The molecule has 0 spiro atoms. The van der Waals surface area contributed by atoms with E-state index in [0.29, 0.717) is 12.5 Å². The highest BCUT2D eigenvalue weighted by Gasteiger charge is 2.16. The molecule has 0 fully saturated rings. The summed E-state index contributed by atoms with van der Waals surface area (Å²) in [4.78, 5) is 1.30. The average Bonchev–Trinajstić information content (AvgIpc) is 2.67. The monoisotopic (exact) mass is 247 g/mol. The maximum Gasteiger partial charge on any atom is 0.0931 e. The molecule has 1 rings (SSSR count). The number of halogens is 1. The van der Waals surface area contributed by atoms with Crippen LogP contribution >= 0.6 is 22.9 Å². The Hall–Kier alpha value is -0.0900. The second kappa shape index (κ2) is 6.48. The van der Waals surface area contributed by atoms with E-state index >= 15 is 0 Å². The molecule has 0 aromatic carbocycles. The fraction of sp³-hybridized carbons (Fsp3) is 0.636. The number of rotatable bonds is 6. The van der Waals surface area contributed by atoms with Crippen LogP contribution in [0.5, 0.6) is 0 Å². The molecule has 0 aliphatic heterocycles. The van der Waals surface area contributed by atoms with Gasteiger partial charge >= 0.3 is 0 Å². The van der Waals surface area contributed by atoms with Crippen molar-refractivity contribution in [2.45, 2.75) is 25.7 Å². The van der Waals surface area contributed by atoms with Crippen molar-refractivity contribution < 1.29 is 5.11 Å². The summed E-state index contributed by atoms with van der Waals surface area (Å²) in [7, 11) is 0. The highest BCUT2D eigenvalue weighted by atomic mass is 35.5. The molecule has 86 valence electrons. The van der Waals surface area contributed by atoms with Gasteiger partial charge in [-0.3, -0.25) is 0 Å². The van der Waals surface area contributed by atoms with Crippen LogP contribution in [0, 0.1) is 5.92 Å². The minimum absolute atomic E-state index is 0.173. The summed E-state index contributed by atoms with van der Waals surface area (Å²) >= 11 is 7.54. The summed E-state index contributed by atoms with van der Waals surface area (Å²) in [6.45, 7) is 2.88. The van der Waals surface area contributed by atoms with Crippen LogP contribution in [0.25, 0.3) is 0 Å². The number of thiophene rings is 1. The molecule has 3 N–H and O–H groups in total. The predicted molar refractivity (Wildman–Crippen MR) is 66.6 cm³/mol. The quantitative estimate of drug-likeness (QED) is 0.812. The summed E-state index contributed by atoms with van der Waals surface area (Å²) in [6, 6.07) is 4.01. The van der Waals surface area contributed by atoms with E-state index < -0.39 is 0 Å². The zero-order valence-corrected chi connectivity index (χ0v) is 10.5. The molecule has 0 aliphatic carbocycles. The molecule has 0 saturated carbocycles. The number of nitrogens with two attached hydrogens (primary N) is 1. The van der Waals surface area contributed by atoms with E-state index in [-0.39, 0.29) is 12.5 Å². The van der Waals surface area contributed by atoms with Crippen LogP contribution in [0.2, 0.25) is 4.34 Å². The van der Waals surface area contributed by atoms with Crippen LogP contribution in [0.3, 0.4) is 0 Å². The van der Waals surface area contributed by atoms with Gasteiger partial charge in [0.2, 0.25) is 0 Å². The lowest BCUT2D eigenvalue weighted by molar-refractivity contribution is 0.215. The first-order chi connectivity index (χ1) is 7.21. The third kappa shape index (κ3) is 3.76. The molecule has 4 heteroatoms. The SMILES string of the molecule is CCC(CC(CN)CO)c1ccc(Cl)s1. The first kappa shape index (κ1) is 13.0. The van der Waals surface area contributed by atoms with Crippen LogP contribution in [0.15, 0.2) is 12.1 Å². The molecule has 0 bridgehead atoms. The van der Waals surface area contributed by atoms with Crippen LogP contribution in [0.1, 0.15) is 30.6 Å². The van der Waals surface area contributed by atoms with Gasteiger partial charge in [-0.15, -0.1) is 11.3 Å². The van der Waals surface area contributed by atoms with Gasteiger partial charge in [0.25, 0.3) is 0 Å². The van der Waals surface area contributed by atoms with Crippen molar-refractivity contribution in [1.29, 1.82) is 0 Å². The van der Waals surface area contributed by atoms with Crippen molar-refractivity contribution in [3.8, 4) is 0 Å². The zero-order chi connectivity index (χ0) is 11.3. The van der Waals surface area contributed by atoms with Crippen molar-refractivity contribution in [3.05, 3.63) is 21.3 Å². The van der Waals surface area contributed by atoms with Crippen molar-refractivity contribution in [3.63, 3.8) is 0 Å². The smallest absolute Gasteiger partial charge is 0.0931 e. The molecule has 2 unspecified atom stereocenters. The fourth-order valence-corrected chi connectivity index (χ4v) is 2.94. The van der Waals surface area contributed by atoms with Gasteiger partial charge in [0, 0.05) is 11.5 Å². The Morgan fingerprint density at radius 1 is 1.53 bits per heavy atom. The van der Waals surface area contributed by atoms with Crippen molar-refractivity contribution in [1.82, 2.24) is 0 Å². The summed E-state index contributed by atoms with van der Waals surface area (Å²) in [5.41, 5.74) is 5.59. The molecular formula is C11H18ClNOS. The van der Waals surface area contributed by atoms with Crippen LogP contribution in [0.4, 0.5) is 0 Å². The van der Waals surface area contributed by atoms with E-state index in [0.717, 1.165) is 17.2 Å². The Balaban J connectivity index is 2.63. The average molecular weight is 248 g/mol. The Bertz CT molecular complexity index is 286. The maximum absolute atomic E-state index is 9.12. The summed E-state index contributed by atoms with van der Waals surface area (Å²) < 4.78 is 0.830. The van der Waals surface area contributed by atoms with Gasteiger partial charge in [0.1, 0.15) is 0 Å². The van der Waals surface area contributed by atoms with E-state index in [1.54, 1.807) is 11.3 Å². The lowest BCUT2D eigenvalue weighted by Gasteiger charge is -2.18. The normalized spacial score (nSPS) is 15.2. The minimum atomic E-state index is 0.173. The third-order valence-corrected chi connectivity index (χ3v) is 4.09. The third-order valence-electron chi connectivity index (χ3n) is 2.70. The Morgan fingerprint density at radius 3 is 2.67 bits per heavy atom. The molecule has 1 heterocycles. The first-order valence-electron chi connectivity index (χ1n) is 5.27. The summed E-state index contributed by atoms with van der Waals surface area (Å²) in [5, 5.41) is 9.12. The van der Waals surface area contributed by atoms with Gasteiger partial charge in [0.15, 0.2) is 0 Å². The van der Waals surface area contributed by atoms with E-state index in [9.17, 15) is 0 Å². The molecule has 0 radical (unpaired) electrons. The van der Waals surface area contributed by atoms with Gasteiger partial charge in [-0.1, -0.05) is 18.5 Å². The molecule has 0 aliphatic rings. The maximum atomic E-state index is 9.12. The molecule has 1 aromatic heterocycles. The summed E-state index contributed by atoms with van der Waals surface area (Å²) in [6.07, 6.45) is 2.01. The van der Waals surface area contributed by atoms with Gasteiger partial charge in [-0.25, -0.2) is 0 Å². The van der Waals surface area contributed by atoms with Crippen LogP contribution in [-0.4, -0.2) is 18.3 Å². The highest BCUT2D eigenvalue weighted by Crippen LogP contribution is 2.33. The van der Waals surface area contributed by atoms with Gasteiger partial charge in [0.05, 0.1) is 4.34 Å². The van der Waals surface area contributed by atoms with Crippen molar-refractivity contribution in [2.75, 3.05) is 13.2 Å². The number of hydrogen-bond acceptors (Lipinski definition) is 3. The van der Waals surface area contributed by atoms with Gasteiger partial charge < -0.3 is 10.8 Å². The van der Waals surface area contributed by atoms with Gasteiger partial charge in [-0.2, -0.15) is 0 Å². The van der Waals surface area contributed by atoms with E-state index in [2.05, 4.69) is 13.0 Å². The number of aliphatic hydroxyl groups is 1. The number of aliphatic hydroxyl groups excluding tert-OH is 1. The van der Waals surface area contributed by atoms with Crippen molar-refractivity contribution >= 4 is 22.9 Å². The Kier molecular flexibility index (Phi) is 5.61. The molecule has 1 aromatic rings. The molecule has 0 saturated heterocycles. The second-order valence-corrected chi connectivity index (χ2v) is 5.51. The molecular weight excluding hydrogens is 230 g/mol. The second-order valence-electron chi connectivity index (χ2n) is 3.77. The molecule has 2 atom stereocenters. The van der Waals surface area contributed by atoms with E-state index in [1.807, 2.05) is 6.07 Å². The topological polar surface area (TPSA) is 46.2 Å². The lowest BCUT2D eigenvalue weighted by Crippen LogP contribution is -2.20. The largest absolute Gasteiger partial charge is 0.396 e. The van der Waals surface area contributed by atoms with E-state index in [4.69, 9.17) is 22.4 Å². The predicted octanol–water partition coefficient (Wildman–Crippen LogP) is 2.85. The zero-order valence-electron chi connectivity index (χ0n) is 8.95. The van der Waals surface area contributed by atoms with Gasteiger partial charge in [-0.05, 0) is 43.4 Å². The Labute approximate surface area is 100 Å². The first-order valence-corrected chi connectivity index (χ1v) is 6.46. The summed E-state index contributed by atoms with van der Waals surface area (Å²) in [5.74, 6) is 0.680. The highest BCUT2D eigenvalue weighted by molar-refractivity contribution is 7.16. The number of hydrogen-bond donors (Lipinski definition) is 2. The molecule has 0 amide bonds. The Morgan fingerprint density at radius 2 is 2.27 bits per heavy atom. The van der Waals surface area contributed by atoms with E-state index in [1.165, 1.54) is 4.88 Å². The van der Waals surface area contributed by atoms with Crippen LogP contribution < -0.4 is 5.73 Å².